The van der Waals surface area contributed by atoms with Crippen molar-refractivity contribution in [3.63, 3.8) is 0 Å². The van der Waals surface area contributed by atoms with Gasteiger partial charge in [0.05, 0.1) is 25.1 Å². The predicted molar refractivity (Wildman–Crippen MR) is 149 cm³/mol. The van der Waals surface area contributed by atoms with Crippen LogP contribution in [0.15, 0.2) is 35.6 Å². The lowest BCUT2D eigenvalue weighted by Crippen LogP contribution is -2.50. The van der Waals surface area contributed by atoms with Crippen LogP contribution in [0.2, 0.25) is 5.02 Å². The third-order valence-corrected chi connectivity index (χ3v) is 9.62. The maximum atomic E-state index is 13.6. The topological polar surface area (TPSA) is 63.7 Å². The van der Waals surface area contributed by atoms with Gasteiger partial charge >= 0.3 is 0 Å². The summed E-state index contributed by atoms with van der Waals surface area (Å²) in [5.74, 6) is 0.534. The van der Waals surface area contributed by atoms with Crippen LogP contribution in [0.5, 0.6) is 0 Å². The average molecular weight is 545 g/mol. The van der Waals surface area contributed by atoms with Crippen molar-refractivity contribution in [2.75, 3.05) is 52.5 Å². The van der Waals surface area contributed by atoms with E-state index >= 15 is 0 Å². The highest BCUT2D eigenvalue weighted by Gasteiger charge is 2.38. The van der Waals surface area contributed by atoms with Gasteiger partial charge in [0.15, 0.2) is 10.7 Å². The molecule has 0 aliphatic carbocycles. The van der Waals surface area contributed by atoms with Crippen LogP contribution in [-0.2, 0) is 9.53 Å². The Hall–Kier alpha value is -1.94. The lowest BCUT2D eigenvalue weighted by molar-refractivity contribution is -0.140. The summed E-state index contributed by atoms with van der Waals surface area (Å²) >= 11 is 7.78. The molecule has 3 fully saturated rings. The number of hydrazone groups is 1. The van der Waals surface area contributed by atoms with Crippen molar-refractivity contribution in [2.45, 2.75) is 50.1 Å². The number of thioether (sulfide) groups is 1. The van der Waals surface area contributed by atoms with Crippen molar-refractivity contribution < 1.29 is 9.53 Å². The fourth-order valence-electron chi connectivity index (χ4n) is 6.05. The number of amidine groups is 1. The van der Waals surface area contributed by atoms with Crippen LogP contribution in [0.3, 0.4) is 0 Å². The number of likely N-dealkylation sites (tertiary alicyclic amines) is 2. The summed E-state index contributed by atoms with van der Waals surface area (Å²) in [5.41, 5.74) is 2.25. The van der Waals surface area contributed by atoms with E-state index in [0.29, 0.717) is 11.9 Å². The monoisotopic (exact) mass is 544 g/mol. The Morgan fingerprint density at radius 2 is 1.84 bits per heavy atom. The van der Waals surface area contributed by atoms with Gasteiger partial charge in [0.1, 0.15) is 0 Å². The summed E-state index contributed by atoms with van der Waals surface area (Å²) in [6.45, 7) is 7.51. The van der Waals surface area contributed by atoms with E-state index in [2.05, 4.69) is 26.2 Å². The molecule has 6 rings (SSSR count). The first-order valence-electron chi connectivity index (χ1n) is 13.8. The van der Waals surface area contributed by atoms with E-state index in [0.717, 1.165) is 106 Å². The van der Waals surface area contributed by atoms with Crippen LogP contribution in [-0.4, -0.2) is 94.8 Å². The van der Waals surface area contributed by atoms with Crippen molar-refractivity contribution in [2.24, 2.45) is 11.0 Å². The molecule has 37 heavy (non-hydrogen) atoms. The van der Waals surface area contributed by atoms with Gasteiger partial charge in [-0.3, -0.25) is 9.69 Å². The number of morpholine rings is 1. The van der Waals surface area contributed by atoms with Crippen LogP contribution in [0.4, 0.5) is 0 Å². The first-order valence-corrected chi connectivity index (χ1v) is 15.0. The minimum Gasteiger partial charge on any atom is -0.379 e. The van der Waals surface area contributed by atoms with Gasteiger partial charge in [-0.05, 0) is 68.0 Å². The summed E-state index contributed by atoms with van der Waals surface area (Å²) in [6.07, 6.45) is 8.52. The van der Waals surface area contributed by atoms with Crippen molar-refractivity contribution in [3.8, 4) is 0 Å². The molecule has 200 valence electrons. The maximum Gasteiger partial charge on any atom is 0.226 e. The highest BCUT2D eigenvalue weighted by Crippen LogP contribution is 2.36. The minimum absolute atomic E-state index is 0.0839. The molecule has 2 unspecified atom stereocenters. The van der Waals surface area contributed by atoms with E-state index in [1.807, 2.05) is 29.3 Å². The van der Waals surface area contributed by atoms with Crippen LogP contribution < -0.4 is 5.32 Å². The number of nitrogens with zero attached hydrogens (tertiary/aromatic N) is 5. The molecule has 8 nitrogen and oxygen atoms in total. The van der Waals surface area contributed by atoms with Crippen LogP contribution >= 0.6 is 23.4 Å². The van der Waals surface area contributed by atoms with Gasteiger partial charge in [0.25, 0.3) is 0 Å². The number of halogens is 1. The Balaban J connectivity index is 1.01. The smallest absolute Gasteiger partial charge is 0.226 e. The highest BCUT2D eigenvalue weighted by molar-refractivity contribution is 8.14. The number of hydrogen-bond donors (Lipinski definition) is 1. The predicted octanol–water partition coefficient (Wildman–Crippen LogP) is 3.66. The molecular weight excluding hydrogens is 508 g/mol. The summed E-state index contributed by atoms with van der Waals surface area (Å²) in [4.78, 5) is 20.7. The number of piperidine rings is 2. The van der Waals surface area contributed by atoms with Crippen molar-refractivity contribution >= 4 is 40.1 Å². The first-order chi connectivity index (χ1) is 18.1. The zero-order chi connectivity index (χ0) is 25.2. The lowest BCUT2D eigenvalue weighted by atomic mass is 9.92. The van der Waals surface area contributed by atoms with Crippen LogP contribution in [0.25, 0.3) is 5.70 Å². The summed E-state index contributed by atoms with van der Waals surface area (Å²) in [6, 6.07) is 8.27. The lowest BCUT2D eigenvalue weighted by Gasteiger charge is -2.41. The van der Waals surface area contributed by atoms with Gasteiger partial charge in [-0.15, -0.1) is 5.10 Å². The molecule has 2 atom stereocenters. The van der Waals surface area contributed by atoms with Crippen LogP contribution in [0, 0.1) is 5.92 Å². The first kappa shape index (κ1) is 25.3. The van der Waals surface area contributed by atoms with E-state index in [-0.39, 0.29) is 11.4 Å². The Morgan fingerprint density at radius 3 is 2.59 bits per heavy atom. The number of carbonyl (C=O) groups excluding carboxylic acids is 1. The van der Waals surface area contributed by atoms with Gasteiger partial charge in [-0.1, -0.05) is 23.7 Å². The maximum absolute atomic E-state index is 13.6. The second-order valence-electron chi connectivity index (χ2n) is 10.6. The molecule has 1 aromatic rings. The fourth-order valence-corrected chi connectivity index (χ4v) is 7.25. The molecular formula is C27H37ClN6O2S. The third kappa shape index (κ3) is 5.75. The molecule has 5 aliphatic rings. The van der Waals surface area contributed by atoms with Gasteiger partial charge in [-0.2, -0.15) is 0 Å². The standard InChI is InChI=1S/C27H37ClN6O2S/c28-22-6-4-20(5-7-22)24-19-34-26(29-24)37-27(30-34)32-13-8-21(9-14-32)25(35)33-11-2-1-3-23(33)10-12-31-15-17-36-18-16-31/h4-7,19,21,23,26,29H,1-3,8-18H2. The molecule has 0 spiro atoms. The Bertz CT molecular complexity index is 1020. The average Bonchev–Trinajstić information content (AvgIpc) is 3.53. The minimum atomic E-state index is 0.0839. The van der Waals surface area contributed by atoms with E-state index < -0.39 is 0 Å². The van der Waals surface area contributed by atoms with E-state index in [1.54, 1.807) is 11.8 Å². The fraction of sp³-hybridized carbons (Fsp3) is 0.630. The number of hydrogen-bond acceptors (Lipinski definition) is 8. The molecule has 0 aromatic heterocycles. The van der Waals surface area contributed by atoms with Gasteiger partial charge in [-0.25, -0.2) is 5.01 Å². The molecule has 0 bridgehead atoms. The number of carbonyl (C=O) groups is 1. The van der Waals surface area contributed by atoms with Gasteiger partial charge < -0.3 is 19.9 Å². The molecule has 3 saturated heterocycles. The van der Waals surface area contributed by atoms with Crippen molar-refractivity contribution in [3.05, 3.63) is 41.1 Å². The van der Waals surface area contributed by atoms with Gasteiger partial charge in [0, 0.05) is 56.3 Å². The number of amides is 1. The van der Waals surface area contributed by atoms with Crippen molar-refractivity contribution in [1.82, 2.24) is 25.0 Å². The van der Waals surface area contributed by atoms with E-state index in [1.165, 1.54) is 6.42 Å². The van der Waals surface area contributed by atoms with E-state index in [4.69, 9.17) is 21.4 Å². The number of ether oxygens (including phenoxy) is 1. The quantitative estimate of drug-likeness (QED) is 0.607. The van der Waals surface area contributed by atoms with E-state index in [9.17, 15) is 4.79 Å². The molecule has 1 N–H and O–H groups in total. The number of rotatable bonds is 5. The van der Waals surface area contributed by atoms with Gasteiger partial charge in [0.2, 0.25) is 5.91 Å². The largest absolute Gasteiger partial charge is 0.379 e. The zero-order valence-corrected chi connectivity index (χ0v) is 22.9. The molecule has 10 heteroatoms. The number of nitrogens with one attached hydrogen (secondary N) is 1. The Morgan fingerprint density at radius 1 is 1.05 bits per heavy atom. The number of benzene rings is 1. The highest BCUT2D eigenvalue weighted by atomic mass is 35.5. The molecule has 1 aromatic carbocycles. The summed E-state index contributed by atoms with van der Waals surface area (Å²) in [7, 11) is 0. The molecule has 5 aliphatic heterocycles. The normalized spacial score (nSPS) is 27.1. The molecule has 0 radical (unpaired) electrons. The summed E-state index contributed by atoms with van der Waals surface area (Å²) < 4.78 is 5.49. The Kier molecular flexibility index (Phi) is 7.83. The SMILES string of the molecule is O=C(C1CCN(C2=NN3C=C(c4ccc(Cl)cc4)NC3S2)CC1)N1CCCCC1CCN1CCOCC1. The molecule has 5 heterocycles. The second-order valence-corrected chi connectivity index (χ2v) is 12.1. The molecule has 0 saturated carbocycles. The Labute approximate surface area is 229 Å². The summed E-state index contributed by atoms with van der Waals surface area (Å²) in [5, 5.41) is 12.2. The zero-order valence-electron chi connectivity index (χ0n) is 21.4. The second kappa shape index (κ2) is 11.4. The molecule has 1 amide bonds. The van der Waals surface area contributed by atoms with Crippen molar-refractivity contribution in [1.29, 1.82) is 0 Å². The third-order valence-electron chi connectivity index (χ3n) is 8.26. The number of fused-ring (bicyclic) bond motifs is 1. The van der Waals surface area contributed by atoms with Crippen LogP contribution in [0.1, 0.15) is 44.1 Å².